The first-order valence-corrected chi connectivity index (χ1v) is 11.7. The average molecular weight is 469 g/mol. The number of hydrogen-bond acceptors (Lipinski definition) is 6. The molecule has 8 nitrogen and oxygen atoms in total. The molecule has 0 spiro atoms. The number of rotatable bonds is 12. The summed E-state index contributed by atoms with van der Waals surface area (Å²) in [6.45, 7) is 0.339. The van der Waals surface area contributed by atoms with E-state index in [-0.39, 0.29) is 17.7 Å². The smallest absolute Gasteiger partial charge is 0.251 e. The van der Waals surface area contributed by atoms with Crippen LogP contribution in [0.5, 0.6) is 0 Å². The second-order valence-electron chi connectivity index (χ2n) is 7.54. The van der Waals surface area contributed by atoms with Crippen LogP contribution in [0.15, 0.2) is 48.5 Å². The van der Waals surface area contributed by atoms with Crippen LogP contribution in [0.3, 0.4) is 0 Å². The first-order valence-electron chi connectivity index (χ1n) is 10.9. The standard InChI is InChI=1S/C24H28N4O4S/c1-25-23(31)18-13-14-19-20(15-18)33-24(26-19)27-21(29)11-7-2-3-8-12-22(30)28-32-16-17-9-5-4-6-10-17/h4-6,9-10,13-15H,2-3,7-8,11-12,16H2,1H3,(H,25,31)(H,28,30)(H,26,27,29). The van der Waals surface area contributed by atoms with E-state index in [1.165, 1.54) is 11.3 Å². The van der Waals surface area contributed by atoms with Crippen LogP contribution in [0.1, 0.15) is 54.4 Å². The molecule has 174 valence electrons. The molecule has 1 aromatic heterocycles. The second-order valence-corrected chi connectivity index (χ2v) is 8.57. The molecule has 0 bridgehead atoms. The number of thiazole rings is 1. The third kappa shape index (κ3) is 7.96. The van der Waals surface area contributed by atoms with Gasteiger partial charge in [-0.15, -0.1) is 0 Å². The normalized spacial score (nSPS) is 10.7. The minimum atomic E-state index is -0.159. The quantitative estimate of drug-likeness (QED) is 0.273. The van der Waals surface area contributed by atoms with Crippen LogP contribution >= 0.6 is 11.3 Å². The lowest BCUT2D eigenvalue weighted by Crippen LogP contribution is -2.23. The Labute approximate surface area is 196 Å². The molecule has 9 heteroatoms. The highest BCUT2D eigenvalue weighted by Crippen LogP contribution is 2.27. The molecule has 3 aromatic rings. The second kappa shape index (κ2) is 12.7. The topological polar surface area (TPSA) is 109 Å². The highest BCUT2D eigenvalue weighted by Gasteiger charge is 2.10. The van der Waals surface area contributed by atoms with E-state index >= 15 is 0 Å². The van der Waals surface area contributed by atoms with Crippen molar-refractivity contribution in [1.29, 1.82) is 0 Å². The molecule has 0 saturated heterocycles. The van der Waals surface area contributed by atoms with Gasteiger partial charge in [-0.1, -0.05) is 54.5 Å². The summed E-state index contributed by atoms with van der Waals surface area (Å²) in [5.41, 5.74) is 4.76. The molecule has 3 rings (SSSR count). The molecular weight excluding hydrogens is 440 g/mol. The van der Waals surface area contributed by atoms with E-state index in [0.29, 0.717) is 30.1 Å². The maximum atomic E-state index is 12.2. The number of anilines is 1. The monoisotopic (exact) mass is 468 g/mol. The average Bonchev–Trinajstić information content (AvgIpc) is 3.22. The number of fused-ring (bicyclic) bond motifs is 1. The number of unbranched alkanes of at least 4 members (excludes halogenated alkanes) is 3. The summed E-state index contributed by atoms with van der Waals surface area (Å²) >= 11 is 1.34. The Morgan fingerprint density at radius 3 is 2.39 bits per heavy atom. The van der Waals surface area contributed by atoms with Gasteiger partial charge < -0.3 is 10.6 Å². The van der Waals surface area contributed by atoms with Crippen molar-refractivity contribution >= 4 is 44.4 Å². The van der Waals surface area contributed by atoms with E-state index in [0.717, 1.165) is 41.5 Å². The predicted octanol–water partition coefficient (Wildman–Crippen LogP) is 4.18. The Kier molecular flexibility index (Phi) is 9.34. The van der Waals surface area contributed by atoms with Crippen LogP contribution in [0, 0.1) is 0 Å². The fourth-order valence-corrected chi connectivity index (χ4v) is 4.12. The van der Waals surface area contributed by atoms with Gasteiger partial charge in [0.1, 0.15) is 0 Å². The summed E-state index contributed by atoms with van der Waals surface area (Å²) in [5, 5.41) is 5.94. The van der Waals surface area contributed by atoms with Crippen molar-refractivity contribution in [1.82, 2.24) is 15.8 Å². The predicted molar refractivity (Wildman–Crippen MR) is 129 cm³/mol. The SMILES string of the molecule is CNC(=O)c1ccc2nc(NC(=O)CCCCCCC(=O)NOCc3ccccc3)sc2c1. The van der Waals surface area contributed by atoms with Crippen molar-refractivity contribution < 1.29 is 19.2 Å². The maximum Gasteiger partial charge on any atom is 0.251 e. The van der Waals surface area contributed by atoms with E-state index in [1.54, 1.807) is 25.2 Å². The van der Waals surface area contributed by atoms with Gasteiger partial charge in [-0.25, -0.2) is 10.5 Å². The van der Waals surface area contributed by atoms with E-state index in [9.17, 15) is 14.4 Å². The Bertz CT molecular complexity index is 1080. The van der Waals surface area contributed by atoms with Crippen molar-refractivity contribution in [2.75, 3.05) is 12.4 Å². The lowest BCUT2D eigenvalue weighted by Gasteiger charge is -2.06. The third-order valence-corrected chi connectivity index (χ3v) is 5.88. The van der Waals surface area contributed by atoms with Gasteiger partial charge in [0.25, 0.3) is 5.91 Å². The molecule has 2 aromatic carbocycles. The molecule has 33 heavy (non-hydrogen) atoms. The number of amides is 3. The largest absolute Gasteiger partial charge is 0.355 e. The summed E-state index contributed by atoms with van der Waals surface area (Å²) in [7, 11) is 1.58. The van der Waals surface area contributed by atoms with Crippen molar-refractivity contribution in [3.05, 3.63) is 59.7 Å². The zero-order valence-corrected chi connectivity index (χ0v) is 19.4. The summed E-state index contributed by atoms with van der Waals surface area (Å²) < 4.78 is 0.845. The van der Waals surface area contributed by atoms with Gasteiger partial charge in [0, 0.05) is 25.5 Å². The minimum absolute atomic E-state index is 0.0902. The lowest BCUT2D eigenvalue weighted by atomic mass is 10.1. The number of nitrogens with zero attached hydrogens (tertiary/aromatic N) is 1. The van der Waals surface area contributed by atoms with E-state index < -0.39 is 0 Å². The Hall–Kier alpha value is -3.30. The highest BCUT2D eigenvalue weighted by atomic mass is 32.1. The van der Waals surface area contributed by atoms with Gasteiger partial charge in [0.2, 0.25) is 11.8 Å². The molecule has 0 fully saturated rings. The van der Waals surface area contributed by atoms with Crippen LogP contribution in [-0.4, -0.2) is 29.8 Å². The summed E-state index contributed by atoms with van der Waals surface area (Å²) in [6, 6.07) is 14.9. The zero-order chi connectivity index (χ0) is 23.5. The molecule has 1 heterocycles. The van der Waals surface area contributed by atoms with Crippen LogP contribution in [-0.2, 0) is 21.0 Å². The number of hydrogen-bond donors (Lipinski definition) is 3. The lowest BCUT2D eigenvalue weighted by molar-refractivity contribution is -0.134. The molecule has 0 saturated carbocycles. The number of hydroxylamine groups is 1. The molecule has 3 amide bonds. The number of aromatic nitrogens is 1. The van der Waals surface area contributed by atoms with Crippen LogP contribution < -0.4 is 16.1 Å². The van der Waals surface area contributed by atoms with Gasteiger partial charge in [0.15, 0.2) is 5.13 Å². The summed E-state index contributed by atoms with van der Waals surface area (Å²) in [4.78, 5) is 45.4. The Morgan fingerprint density at radius 1 is 0.939 bits per heavy atom. The molecule has 3 N–H and O–H groups in total. The molecule has 0 unspecified atom stereocenters. The number of carbonyl (C=O) groups is 3. The Morgan fingerprint density at radius 2 is 1.67 bits per heavy atom. The first kappa shape index (κ1) is 24.3. The van der Waals surface area contributed by atoms with Crippen molar-refractivity contribution in [3.8, 4) is 0 Å². The van der Waals surface area contributed by atoms with Gasteiger partial charge in [-0.3, -0.25) is 19.2 Å². The first-order chi connectivity index (χ1) is 16.0. The summed E-state index contributed by atoms with van der Waals surface area (Å²) in [6.07, 6.45) is 4.00. The van der Waals surface area contributed by atoms with Crippen molar-refractivity contribution in [2.24, 2.45) is 0 Å². The number of nitrogens with one attached hydrogen (secondary N) is 3. The molecule has 0 aliphatic heterocycles. The van der Waals surface area contributed by atoms with Crippen molar-refractivity contribution in [2.45, 2.75) is 45.1 Å². The zero-order valence-electron chi connectivity index (χ0n) is 18.6. The molecule has 0 atom stereocenters. The van der Waals surface area contributed by atoms with Crippen LogP contribution in [0.2, 0.25) is 0 Å². The third-order valence-electron chi connectivity index (χ3n) is 4.95. The van der Waals surface area contributed by atoms with Gasteiger partial charge in [-0.05, 0) is 36.6 Å². The fraction of sp³-hybridized carbons (Fsp3) is 0.333. The fourth-order valence-electron chi connectivity index (χ4n) is 3.20. The van der Waals surface area contributed by atoms with Crippen LogP contribution in [0.4, 0.5) is 5.13 Å². The van der Waals surface area contributed by atoms with E-state index in [4.69, 9.17) is 4.84 Å². The van der Waals surface area contributed by atoms with Gasteiger partial charge in [0.05, 0.1) is 16.8 Å². The Balaban J connectivity index is 1.27. The number of benzene rings is 2. The molecule has 0 aliphatic carbocycles. The molecule has 0 radical (unpaired) electrons. The highest BCUT2D eigenvalue weighted by molar-refractivity contribution is 7.22. The van der Waals surface area contributed by atoms with Crippen LogP contribution in [0.25, 0.3) is 10.2 Å². The maximum absolute atomic E-state index is 12.2. The minimum Gasteiger partial charge on any atom is -0.355 e. The number of carbonyl (C=O) groups excluding carboxylic acids is 3. The van der Waals surface area contributed by atoms with Gasteiger partial charge in [-0.2, -0.15) is 0 Å². The summed E-state index contributed by atoms with van der Waals surface area (Å²) in [5.74, 6) is -0.389. The van der Waals surface area contributed by atoms with E-state index in [1.807, 2.05) is 30.3 Å². The van der Waals surface area contributed by atoms with Crippen molar-refractivity contribution in [3.63, 3.8) is 0 Å². The molecular formula is C24H28N4O4S. The molecule has 0 aliphatic rings. The van der Waals surface area contributed by atoms with Gasteiger partial charge >= 0.3 is 0 Å². The van der Waals surface area contributed by atoms with E-state index in [2.05, 4.69) is 21.1 Å².